The molecule has 8 atom stereocenters. The highest BCUT2D eigenvalue weighted by atomic mass is 16.7. The summed E-state index contributed by atoms with van der Waals surface area (Å²) in [7, 11) is 1.38. The number of nitrogens with one attached hydrogen (secondary N) is 1. The molecule has 80 heavy (non-hydrogen) atoms. The molecule has 0 aliphatic heterocycles. The maximum Gasteiger partial charge on any atom is 0.346 e. The summed E-state index contributed by atoms with van der Waals surface area (Å²) < 4.78 is 15.4. The van der Waals surface area contributed by atoms with Crippen molar-refractivity contribution < 1.29 is 43.7 Å². The Balaban J connectivity index is 0.000000154. The van der Waals surface area contributed by atoms with Gasteiger partial charge in [-0.1, -0.05) is 36.3 Å². The number of oxime groups is 2. The molecule has 13 nitrogen and oxygen atoms in total. The number of aryl methyl sites for hydroxylation is 2. The lowest BCUT2D eigenvalue weighted by Gasteiger charge is -2.57. The number of nitrogens with zero attached hydrogens (tertiary/aromatic N) is 2. The fourth-order valence-corrected chi connectivity index (χ4v) is 21.9. The maximum atomic E-state index is 12.3. The van der Waals surface area contributed by atoms with Gasteiger partial charge in [-0.15, -0.1) is 0 Å². The van der Waals surface area contributed by atoms with Gasteiger partial charge in [0.05, 0.1) is 45.0 Å². The van der Waals surface area contributed by atoms with Crippen molar-refractivity contribution in [2.75, 3.05) is 59.8 Å². The Bertz CT molecular complexity index is 2650. The van der Waals surface area contributed by atoms with E-state index in [0.29, 0.717) is 86.5 Å². The van der Waals surface area contributed by atoms with E-state index < -0.39 is 0 Å². The van der Waals surface area contributed by atoms with Crippen LogP contribution in [-0.4, -0.2) is 93.4 Å². The number of methoxy groups -OCH3 is 1. The van der Waals surface area contributed by atoms with Gasteiger partial charge >= 0.3 is 5.97 Å². The first-order chi connectivity index (χ1) is 38.8. The molecule has 0 heterocycles. The molecule has 0 saturated heterocycles. The number of nitrogens with two attached hydrogens (primary N) is 1. The summed E-state index contributed by atoms with van der Waals surface area (Å²) in [4.78, 5) is 34.8. The van der Waals surface area contributed by atoms with Gasteiger partial charge in [-0.3, -0.25) is 4.79 Å². The lowest BCUT2D eigenvalue weighted by Crippen LogP contribution is -2.48. The van der Waals surface area contributed by atoms with Gasteiger partial charge in [0.15, 0.2) is 6.61 Å². The summed E-state index contributed by atoms with van der Waals surface area (Å²) in [5.74, 6) is 9.55. The van der Waals surface area contributed by atoms with E-state index in [1.54, 1.807) is 11.1 Å². The second-order valence-corrected chi connectivity index (χ2v) is 28.9. The van der Waals surface area contributed by atoms with Crippen LogP contribution in [0.4, 0.5) is 0 Å². The highest BCUT2D eigenvalue weighted by Crippen LogP contribution is 2.67. The number of esters is 1. The molecular formula is C67H94N4O9. The molecule has 2 aromatic rings. The molecule has 0 radical (unpaired) electrons. The van der Waals surface area contributed by atoms with E-state index in [1.165, 1.54) is 126 Å². The Labute approximate surface area is 476 Å². The van der Waals surface area contributed by atoms with Crippen LogP contribution in [0.15, 0.2) is 34.6 Å². The number of ether oxygens (including phenoxy) is 3. The lowest BCUT2D eigenvalue weighted by atomic mass is 9.47. The molecule has 436 valence electrons. The molecule has 8 bridgehead atoms. The van der Waals surface area contributed by atoms with Gasteiger partial charge in [0.25, 0.3) is 5.91 Å². The molecular weight excluding hydrogens is 1000 g/mol. The van der Waals surface area contributed by atoms with Gasteiger partial charge in [0.1, 0.15) is 11.5 Å². The zero-order valence-electron chi connectivity index (χ0n) is 48.6. The molecule has 6 unspecified atom stereocenters. The van der Waals surface area contributed by atoms with Crippen LogP contribution in [0.1, 0.15) is 200 Å². The summed E-state index contributed by atoms with van der Waals surface area (Å²) in [6.45, 7) is 7.48. The first-order valence-corrected chi connectivity index (χ1v) is 32.1. The smallest absolute Gasteiger partial charge is 0.346 e. The Kier molecular flexibility index (Phi) is 15.2. The van der Waals surface area contributed by atoms with Crippen LogP contribution in [-0.2, 0) is 57.1 Å². The van der Waals surface area contributed by atoms with Crippen molar-refractivity contribution in [2.45, 2.75) is 191 Å². The zero-order valence-corrected chi connectivity index (χ0v) is 48.6. The predicted octanol–water partition coefficient (Wildman–Crippen LogP) is 11.5. The van der Waals surface area contributed by atoms with Crippen molar-refractivity contribution in [1.82, 2.24) is 5.32 Å². The monoisotopic (exact) mass is 1100 g/mol. The van der Waals surface area contributed by atoms with Crippen molar-refractivity contribution in [1.29, 1.82) is 0 Å². The number of carbonyl (C=O) groups excluding carboxylic acids is 2. The SMILES string of the molecule is COC(=O)CO/N=C1\CCC2C3CCc4cc(O)c(C56CC7CC(CC(C7)C5)C6)cc4C3CC[C@]12C.C[C@]12CCC3c4cc(C56CC7CC(CC(C7)C5)C6)c(O)cc4CCC3C1CC/C2=N\OCC(=O)NCCOCCOCCN. The summed E-state index contributed by atoms with van der Waals surface area (Å²) >= 11 is 0. The molecule has 14 aliphatic carbocycles. The van der Waals surface area contributed by atoms with Crippen molar-refractivity contribution in [2.24, 2.45) is 86.1 Å². The second-order valence-electron chi connectivity index (χ2n) is 28.9. The van der Waals surface area contributed by atoms with Gasteiger partial charge in [0.2, 0.25) is 6.61 Å². The normalized spacial score (nSPS) is 40.0. The van der Waals surface area contributed by atoms with E-state index >= 15 is 0 Å². The number of rotatable bonds is 16. The van der Waals surface area contributed by atoms with E-state index in [4.69, 9.17) is 29.6 Å². The molecule has 13 heteroatoms. The minimum atomic E-state index is -0.385. The average Bonchev–Trinajstić information content (AvgIpc) is 3.99. The minimum Gasteiger partial charge on any atom is -0.508 e. The topological polar surface area (TPSA) is 184 Å². The standard InChI is InChI=1S/C36H53N3O5.C31H41NO4/c1-35-7-6-27-28(30(35)4-5-33(35)39-44-22-34(41)38-9-11-43-13-12-42-10-8-37)3-2-26-17-32(40)31(18-29(26)27)36-19-23-14-24(20-36)16-25(15-23)21-36;1-30-8-7-22-23(25(30)5-6-28(30)32-36-17-29(34)35-2)4-3-21-12-27(33)26(13-24(21)22)31-14-18-9-19(15-31)11-20(10-18)16-31/h17-18,23-25,27-28,30,40H,2-16,19-22,37H2,1H3,(H,38,41);12-13,18-20,22-23,25,33H,3-11,14-17H2,1-2H3/b39-33+;32-28+/t23?,24?,25?,27?,28?,30?,35-,36?;18?,19?,20?,22?,23?,25?,30-,31?/m00/s1. The molecule has 0 spiro atoms. The number of aromatic hydroxyl groups is 2. The van der Waals surface area contributed by atoms with E-state index in [0.717, 1.165) is 105 Å². The number of carbonyl (C=O) groups is 2. The molecule has 14 aliphatic rings. The van der Waals surface area contributed by atoms with Gasteiger partial charge in [-0.05, 0) is 270 Å². The Morgan fingerprint density at radius 3 is 1.46 bits per heavy atom. The molecule has 12 saturated carbocycles. The first-order valence-electron chi connectivity index (χ1n) is 32.1. The van der Waals surface area contributed by atoms with Crippen molar-refractivity contribution >= 4 is 23.3 Å². The second kappa shape index (κ2) is 22.1. The number of phenols is 2. The van der Waals surface area contributed by atoms with Crippen molar-refractivity contribution in [3.8, 4) is 11.5 Å². The summed E-state index contributed by atoms with van der Waals surface area (Å²) in [6.07, 6.45) is 29.6. The van der Waals surface area contributed by atoms with E-state index in [2.05, 4.69) is 53.7 Å². The Hall–Kier alpha value is -4.20. The highest BCUT2D eigenvalue weighted by molar-refractivity contribution is 5.93. The first kappa shape index (κ1) is 55.0. The summed E-state index contributed by atoms with van der Waals surface area (Å²) in [5, 5.41) is 34.6. The highest BCUT2D eigenvalue weighted by Gasteiger charge is 2.58. The summed E-state index contributed by atoms with van der Waals surface area (Å²) in [6, 6.07) is 9.39. The number of hydrogen-bond donors (Lipinski definition) is 4. The van der Waals surface area contributed by atoms with Gasteiger partial charge in [0, 0.05) is 35.0 Å². The molecule has 2 aromatic carbocycles. The summed E-state index contributed by atoms with van der Waals surface area (Å²) in [5.41, 5.74) is 16.7. The van der Waals surface area contributed by atoms with Crippen LogP contribution in [0, 0.1) is 70.0 Å². The van der Waals surface area contributed by atoms with Crippen LogP contribution in [0.5, 0.6) is 11.5 Å². The van der Waals surface area contributed by atoms with E-state index in [1.807, 2.05) is 0 Å². The minimum absolute atomic E-state index is 0.0363. The average molecular weight is 1100 g/mol. The third kappa shape index (κ3) is 10.00. The molecule has 1 amide bonds. The lowest BCUT2D eigenvalue weighted by molar-refractivity contribution is -0.145. The zero-order chi connectivity index (χ0) is 55.0. The van der Waals surface area contributed by atoms with Crippen LogP contribution in [0.3, 0.4) is 0 Å². The fourth-order valence-electron chi connectivity index (χ4n) is 21.9. The van der Waals surface area contributed by atoms with Crippen molar-refractivity contribution in [3.63, 3.8) is 0 Å². The van der Waals surface area contributed by atoms with E-state index in [9.17, 15) is 19.8 Å². The number of fused-ring (bicyclic) bond motifs is 10. The number of benzene rings is 2. The van der Waals surface area contributed by atoms with Crippen LogP contribution in [0.2, 0.25) is 0 Å². The van der Waals surface area contributed by atoms with Crippen molar-refractivity contribution in [3.05, 3.63) is 57.6 Å². The molecule has 12 fully saturated rings. The number of phenolic OH excluding ortho intramolecular Hbond substituents is 2. The number of hydrogen-bond acceptors (Lipinski definition) is 12. The van der Waals surface area contributed by atoms with E-state index in [-0.39, 0.29) is 46.8 Å². The van der Waals surface area contributed by atoms with Gasteiger partial charge in [-0.25, -0.2) is 4.79 Å². The van der Waals surface area contributed by atoms with Crippen LogP contribution >= 0.6 is 0 Å². The quantitative estimate of drug-likeness (QED) is 0.0717. The number of amides is 1. The predicted molar refractivity (Wildman–Crippen MR) is 308 cm³/mol. The fraction of sp³-hybridized carbons (Fsp3) is 0.761. The Morgan fingerprint density at radius 2 is 1.02 bits per heavy atom. The van der Waals surface area contributed by atoms with Gasteiger partial charge < -0.3 is 45.1 Å². The van der Waals surface area contributed by atoms with Gasteiger partial charge in [-0.2, -0.15) is 0 Å². The third-order valence-electron chi connectivity index (χ3n) is 24.5. The molecule has 16 rings (SSSR count). The molecule has 0 aromatic heterocycles. The molecule has 5 N–H and O–H groups in total. The largest absolute Gasteiger partial charge is 0.508 e. The third-order valence-corrected chi connectivity index (χ3v) is 24.5. The van der Waals surface area contributed by atoms with Crippen LogP contribution < -0.4 is 11.1 Å². The maximum absolute atomic E-state index is 12.3. The van der Waals surface area contributed by atoms with Crippen LogP contribution in [0.25, 0.3) is 0 Å². The Morgan fingerprint density at radius 1 is 0.588 bits per heavy atom.